The molecule has 0 bridgehead atoms. The molecule has 1 saturated heterocycles. The van der Waals surface area contributed by atoms with Crippen LogP contribution in [0.25, 0.3) is 0 Å². The van der Waals surface area contributed by atoms with Gasteiger partial charge in [0.05, 0.1) is 11.3 Å². The first-order valence-corrected chi connectivity index (χ1v) is 6.18. The molecule has 0 saturated carbocycles. The van der Waals surface area contributed by atoms with E-state index in [9.17, 15) is 0 Å². The van der Waals surface area contributed by atoms with Gasteiger partial charge in [0.1, 0.15) is 6.07 Å². The second-order valence-corrected chi connectivity index (χ2v) is 4.82. The molecule has 1 heterocycles. The predicted molar refractivity (Wildman–Crippen MR) is 68.2 cm³/mol. The minimum atomic E-state index is 0.263. The van der Waals surface area contributed by atoms with E-state index in [-0.39, 0.29) is 6.61 Å². The summed E-state index contributed by atoms with van der Waals surface area (Å²) in [6, 6.07) is 7.61. The smallest absolute Gasteiger partial charge is 0.101 e. The topological polar surface area (TPSA) is 47.3 Å². The molecular formula is C13H15ClN2O. The monoisotopic (exact) mass is 250 g/mol. The molecule has 0 amide bonds. The van der Waals surface area contributed by atoms with Crippen molar-refractivity contribution in [3.8, 4) is 6.07 Å². The SMILES string of the molecule is N#Cc1cc(Cl)ccc1N1CCC(CO)CC1. The van der Waals surface area contributed by atoms with Crippen LogP contribution in [0.3, 0.4) is 0 Å². The van der Waals surface area contributed by atoms with Gasteiger partial charge >= 0.3 is 0 Å². The van der Waals surface area contributed by atoms with E-state index >= 15 is 0 Å². The van der Waals surface area contributed by atoms with Crippen LogP contribution < -0.4 is 4.90 Å². The van der Waals surface area contributed by atoms with E-state index in [4.69, 9.17) is 22.0 Å². The molecule has 0 unspecified atom stereocenters. The Morgan fingerprint density at radius 1 is 1.41 bits per heavy atom. The molecule has 3 nitrogen and oxygen atoms in total. The minimum Gasteiger partial charge on any atom is -0.396 e. The maximum atomic E-state index is 9.10. The Balaban J connectivity index is 2.16. The Kier molecular flexibility index (Phi) is 3.88. The lowest BCUT2D eigenvalue weighted by molar-refractivity contribution is 0.203. The van der Waals surface area contributed by atoms with Crippen LogP contribution in [0.5, 0.6) is 0 Å². The number of piperidine rings is 1. The number of hydrogen-bond donors (Lipinski definition) is 1. The number of benzene rings is 1. The maximum Gasteiger partial charge on any atom is 0.101 e. The summed E-state index contributed by atoms with van der Waals surface area (Å²) in [5, 5.41) is 18.8. The van der Waals surface area contributed by atoms with Crippen LogP contribution in [0.1, 0.15) is 18.4 Å². The van der Waals surface area contributed by atoms with E-state index in [0.29, 0.717) is 16.5 Å². The van der Waals surface area contributed by atoms with Crippen molar-refractivity contribution in [1.29, 1.82) is 5.26 Å². The second-order valence-electron chi connectivity index (χ2n) is 4.39. The van der Waals surface area contributed by atoms with Crippen molar-refractivity contribution >= 4 is 17.3 Å². The van der Waals surface area contributed by atoms with Crippen molar-refractivity contribution in [2.45, 2.75) is 12.8 Å². The normalized spacial score (nSPS) is 16.9. The third-order valence-corrected chi connectivity index (χ3v) is 3.53. The maximum absolute atomic E-state index is 9.10. The number of aliphatic hydroxyl groups is 1. The number of hydrogen-bond acceptors (Lipinski definition) is 3. The molecular weight excluding hydrogens is 236 g/mol. The quantitative estimate of drug-likeness (QED) is 0.877. The lowest BCUT2D eigenvalue weighted by Gasteiger charge is -2.33. The van der Waals surface area contributed by atoms with E-state index in [1.165, 1.54) is 0 Å². The summed E-state index contributed by atoms with van der Waals surface area (Å²) in [4.78, 5) is 2.20. The van der Waals surface area contributed by atoms with E-state index < -0.39 is 0 Å². The van der Waals surface area contributed by atoms with Crippen molar-refractivity contribution in [1.82, 2.24) is 0 Å². The average molecular weight is 251 g/mol. The number of rotatable bonds is 2. The highest BCUT2D eigenvalue weighted by Crippen LogP contribution is 2.27. The molecule has 0 radical (unpaired) electrons. The standard InChI is InChI=1S/C13H15ClN2O/c14-12-1-2-13(11(7-12)8-15)16-5-3-10(9-17)4-6-16/h1-2,7,10,17H,3-6,9H2. The van der Waals surface area contributed by atoms with Gasteiger partial charge in [-0.3, -0.25) is 0 Å². The van der Waals surface area contributed by atoms with Crippen molar-refractivity contribution in [2.75, 3.05) is 24.6 Å². The van der Waals surface area contributed by atoms with Gasteiger partial charge in [0, 0.05) is 24.7 Å². The van der Waals surface area contributed by atoms with Gasteiger partial charge in [0.15, 0.2) is 0 Å². The summed E-state index contributed by atoms with van der Waals surface area (Å²) < 4.78 is 0. The lowest BCUT2D eigenvalue weighted by atomic mass is 9.97. The third kappa shape index (κ3) is 2.71. The van der Waals surface area contributed by atoms with Gasteiger partial charge in [-0.15, -0.1) is 0 Å². The number of halogens is 1. The molecule has 1 aromatic rings. The molecule has 1 aromatic carbocycles. The van der Waals surface area contributed by atoms with Gasteiger partial charge in [-0.25, -0.2) is 0 Å². The van der Waals surface area contributed by atoms with Crippen LogP contribution >= 0.6 is 11.6 Å². The predicted octanol–water partition coefficient (Wildman–Crippen LogP) is 2.42. The number of anilines is 1. The zero-order chi connectivity index (χ0) is 12.3. The number of aliphatic hydroxyl groups excluding tert-OH is 1. The molecule has 4 heteroatoms. The van der Waals surface area contributed by atoms with Crippen molar-refractivity contribution in [3.63, 3.8) is 0 Å². The van der Waals surface area contributed by atoms with E-state index in [1.54, 1.807) is 6.07 Å². The van der Waals surface area contributed by atoms with Gasteiger partial charge in [0.2, 0.25) is 0 Å². The van der Waals surface area contributed by atoms with Crippen LogP contribution in [0.4, 0.5) is 5.69 Å². The van der Waals surface area contributed by atoms with Gasteiger partial charge < -0.3 is 10.0 Å². The van der Waals surface area contributed by atoms with Gasteiger partial charge in [-0.2, -0.15) is 5.26 Å². The first-order valence-electron chi connectivity index (χ1n) is 5.80. The van der Waals surface area contributed by atoms with Gasteiger partial charge in [-0.05, 0) is 37.0 Å². The molecule has 1 fully saturated rings. The van der Waals surface area contributed by atoms with Gasteiger partial charge in [0.25, 0.3) is 0 Å². The summed E-state index contributed by atoms with van der Waals surface area (Å²) in [7, 11) is 0. The van der Waals surface area contributed by atoms with Gasteiger partial charge in [-0.1, -0.05) is 11.6 Å². The van der Waals surface area contributed by atoms with Crippen LogP contribution in [0.2, 0.25) is 5.02 Å². The fourth-order valence-electron chi connectivity index (χ4n) is 2.23. The Morgan fingerprint density at radius 3 is 2.71 bits per heavy atom. The zero-order valence-electron chi connectivity index (χ0n) is 9.56. The Hall–Kier alpha value is -1.24. The molecule has 1 N–H and O–H groups in total. The summed E-state index contributed by atoms with van der Waals surface area (Å²) in [6.07, 6.45) is 1.95. The van der Waals surface area contributed by atoms with E-state index in [2.05, 4.69) is 11.0 Å². The third-order valence-electron chi connectivity index (χ3n) is 3.29. The molecule has 2 rings (SSSR count). The highest BCUT2D eigenvalue weighted by Gasteiger charge is 2.20. The van der Waals surface area contributed by atoms with Crippen LogP contribution in [0.15, 0.2) is 18.2 Å². The fraction of sp³-hybridized carbons (Fsp3) is 0.462. The highest BCUT2D eigenvalue weighted by atomic mass is 35.5. The molecule has 0 spiro atoms. The fourth-order valence-corrected chi connectivity index (χ4v) is 2.40. The Morgan fingerprint density at radius 2 is 2.12 bits per heavy atom. The summed E-state index contributed by atoms with van der Waals surface area (Å²) in [5.74, 6) is 0.407. The van der Waals surface area contributed by atoms with Crippen molar-refractivity contribution in [2.24, 2.45) is 5.92 Å². The second kappa shape index (κ2) is 5.39. The Bertz CT molecular complexity index is 434. The molecule has 0 aliphatic carbocycles. The zero-order valence-corrected chi connectivity index (χ0v) is 10.3. The minimum absolute atomic E-state index is 0.263. The molecule has 1 aliphatic rings. The summed E-state index contributed by atoms with van der Waals surface area (Å²) in [5.41, 5.74) is 1.58. The van der Waals surface area contributed by atoms with E-state index in [1.807, 2.05) is 12.1 Å². The summed E-state index contributed by atoms with van der Waals surface area (Å²) in [6.45, 7) is 2.04. The largest absolute Gasteiger partial charge is 0.396 e. The first-order chi connectivity index (χ1) is 8.24. The number of nitrogens with zero attached hydrogens (tertiary/aromatic N) is 2. The molecule has 17 heavy (non-hydrogen) atoms. The van der Waals surface area contributed by atoms with Crippen molar-refractivity contribution in [3.05, 3.63) is 28.8 Å². The van der Waals surface area contributed by atoms with Crippen LogP contribution in [0, 0.1) is 17.2 Å². The molecule has 0 atom stereocenters. The molecule has 1 aliphatic heterocycles. The van der Waals surface area contributed by atoms with E-state index in [0.717, 1.165) is 31.6 Å². The first kappa shape index (κ1) is 12.2. The molecule has 90 valence electrons. The Labute approximate surface area is 106 Å². The van der Waals surface area contributed by atoms with Crippen molar-refractivity contribution < 1.29 is 5.11 Å². The summed E-state index contributed by atoms with van der Waals surface area (Å²) >= 11 is 5.88. The number of nitriles is 1. The highest BCUT2D eigenvalue weighted by molar-refractivity contribution is 6.30. The average Bonchev–Trinajstić information content (AvgIpc) is 2.39. The van der Waals surface area contributed by atoms with Crippen LogP contribution in [-0.4, -0.2) is 24.8 Å². The van der Waals surface area contributed by atoms with Crippen LogP contribution in [-0.2, 0) is 0 Å². The molecule has 0 aromatic heterocycles. The lowest BCUT2D eigenvalue weighted by Crippen LogP contribution is -2.35.